The zero-order chi connectivity index (χ0) is 23.5. The summed E-state index contributed by atoms with van der Waals surface area (Å²) in [6, 6.07) is 23.0. The molecule has 1 aliphatic rings. The summed E-state index contributed by atoms with van der Waals surface area (Å²) in [4.78, 5) is 14.3. The van der Waals surface area contributed by atoms with Crippen molar-refractivity contribution in [3.05, 3.63) is 94.9 Å². The Hall–Kier alpha value is -3.80. The van der Waals surface area contributed by atoms with Gasteiger partial charge in [0.2, 0.25) is 0 Å². The van der Waals surface area contributed by atoms with E-state index in [4.69, 9.17) is 4.98 Å². The van der Waals surface area contributed by atoms with Crippen molar-refractivity contribution in [2.24, 2.45) is 0 Å². The fourth-order valence-corrected chi connectivity index (χ4v) is 4.50. The monoisotopic (exact) mass is 450 g/mol. The molecule has 34 heavy (non-hydrogen) atoms. The number of benzene rings is 2. The highest BCUT2D eigenvalue weighted by Gasteiger charge is 2.23. The standard InChI is InChI=1S/C28H30N6/c1-20-9-11-23(12-10-20)19-25-21(2)29-22(3)30-28(25)34-17-15-33(16-18-34)27-14-13-26(31-32-27)24-7-5-4-6-8-24/h4-14H,15-19H2,1-3H3. The Balaban J connectivity index is 1.31. The smallest absolute Gasteiger partial charge is 0.151 e. The summed E-state index contributed by atoms with van der Waals surface area (Å²) in [5, 5.41) is 8.98. The molecule has 2 aromatic heterocycles. The maximum atomic E-state index is 4.88. The van der Waals surface area contributed by atoms with Crippen LogP contribution in [0, 0.1) is 20.8 Å². The van der Waals surface area contributed by atoms with Crippen LogP contribution < -0.4 is 9.80 Å². The van der Waals surface area contributed by atoms with Crippen molar-refractivity contribution in [1.82, 2.24) is 20.2 Å². The van der Waals surface area contributed by atoms with Crippen molar-refractivity contribution >= 4 is 11.6 Å². The van der Waals surface area contributed by atoms with E-state index >= 15 is 0 Å². The summed E-state index contributed by atoms with van der Waals surface area (Å²) in [7, 11) is 0. The van der Waals surface area contributed by atoms with Crippen LogP contribution >= 0.6 is 0 Å². The molecule has 0 atom stereocenters. The first kappa shape index (κ1) is 22.0. The lowest BCUT2D eigenvalue weighted by Crippen LogP contribution is -2.47. The number of nitrogens with zero attached hydrogens (tertiary/aromatic N) is 6. The fraction of sp³-hybridized carbons (Fsp3) is 0.286. The van der Waals surface area contributed by atoms with Crippen LogP contribution in [0.2, 0.25) is 0 Å². The molecule has 1 saturated heterocycles. The van der Waals surface area contributed by atoms with Gasteiger partial charge in [-0.25, -0.2) is 9.97 Å². The van der Waals surface area contributed by atoms with E-state index in [0.29, 0.717) is 0 Å². The zero-order valence-corrected chi connectivity index (χ0v) is 20.1. The van der Waals surface area contributed by atoms with Crippen molar-refractivity contribution in [1.29, 1.82) is 0 Å². The fourth-order valence-electron chi connectivity index (χ4n) is 4.50. The molecule has 3 heterocycles. The average molecular weight is 451 g/mol. The van der Waals surface area contributed by atoms with E-state index in [0.717, 1.165) is 67.0 Å². The molecule has 0 radical (unpaired) electrons. The first-order valence-electron chi connectivity index (χ1n) is 11.9. The summed E-state index contributed by atoms with van der Waals surface area (Å²) >= 11 is 0. The van der Waals surface area contributed by atoms with Gasteiger partial charge in [0, 0.05) is 49.4 Å². The normalized spacial score (nSPS) is 13.9. The van der Waals surface area contributed by atoms with Crippen LogP contribution in [0.4, 0.5) is 11.6 Å². The van der Waals surface area contributed by atoms with E-state index in [9.17, 15) is 0 Å². The molecule has 0 N–H and O–H groups in total. The van der Waals surface area contributed by atoms with Crippen molar-refractivity contribution in [2.75, 3.05) is 36.0 Å². The summed E-state index contributed by atoms with van der Waals surface area (Å²) in [5.74, 6) is 2.81. The summed E-state index contributed by atoms with van der Waals surface area (Å²) in [5.41, 5.74) is 6.83. The maximum absolute atomic E-state index is 4.88. The molecule has 5 rings (SSSR count). The van der Waals surface area contributed by atoms with Gasteiger partial charge in [0.25, 0.3) is 0 Å². The predicted octanol–water partition coefficient (Wildman–Crippen LogP) is 4.78. The van der Waals surface area contributed by atoms with E-state index in [-0.39, 0.29) is 0 Å². The van der Waals surface area contributed by atoms with Gasteiger partial charge in [-0.1, -0.05) is 60.2 Å². The van der Waals surface area contributed by atoms with E-state index in [1.807, 2.05) is 25.1 Å². The molecule has 0 amide bonds. The van der Waals surface area contributed by atoms with Crippen LogP contribution in [-0.2, 0) is 6.42 Å². The predicted molar refractivity (Wildman–Crippen MR) is 137 cm³/mol. The van der Waals surface area contributed by atoms with Gasteiger partial charge in [0.05, 0.1) is 5.69 Å². The molecule has 0 aliphatic carbocycles. The molecule has 4 aromatic rings. The Bertz CT molecular complexity index is 1240. The van der Waals surface area contributed by atoms with Gasteiger partial charge in [-0.15, -0.1) is 10.2 Å². The highest BCUT2D eigenvalue weighted by atomic mass is 15.3. The molecular weight excluding hydrogens is 420 g/mol. The van der Waals surface area contributed by atoms with Gasteiger partial charge in [0.1, 0.15) is 11.6 Å². The van der Waals surface area contributed by atoms with Crippen molar-refractivity contribution in [2.45, 2.75) is 27.2 Å². The van der Waals surface area contributed by atoms with Gasteiger partial charge in [-0.05, 0) is 38.5 Å². The van der Waals surface area contributed by atoms with E-state index in [2.05, 4.69) is 87.4 Å². The Morgan fingerprint density at radius 1 is 0.706 bits per heavy atom. The number of hydrogen-bond donors (Lipinski definition) is 0. The summed E-state index contributed by atoms with van der Waals surface area (Å²) < 4.78 is 0. The minimum absolute atomic E-state index is 0.824. The van der Waals surface area contributed by atoms with Crippen LogP contribution in [-0.4, -0.2) is 46.3 Å². The molecule has 6 nitrogen and oxygen atoms in total. The average Bonchev–Trinajstić information content (AvgIpc) is 2.87. The molecule has 1 fully saturated rings. The second-order valence-corrected chi connectivity index (χ2v) is 8.94. The first-order valence-corrected chi connectivity index (χ1v) is 11.9. The molecule has 0 saturated carbocycles. The molecule has 1 aliphatic heterocycles. The number of hydrogen-bond acceptors (Lipinski definition) is 6. The van der Waals surface area contributed by atoms with Crippen LogP contribution in [0.3, 0.4) is 0 Å². The molecule has 0 spiro atoms. The quantitative estimate of drug-likeness (QED) is 0.436. The third-order valence-corrected chi connectivity index (χ3v) is 6.43. The van der Waals surface area contributed by atoms with Crippen molar-refractivity contribution in [3.63, 3.8) is 0 Å². The van der Waals surface area contributed by atoms with Crippen molar-refractivity contribution < 1.29 is 0 Å². The molecule has 0 unspecified atom stereocenters. The Morgan fingerprint density at radius 2 is 1.41 bits per heavy atom. The molecule has 0 bridgehead atoms. The maximum Gasteiger partial charge on any atom is 0.151 e. The first-order chi connectivity index (χ1) is 16.6. The molecule has 2 aromatic carbocycles. The Kier molecular flexibility index (Phi) is 6.21. The lowest BCUT2D eigenvalue weighted by atomic mass is 10.0. The molecular formula is C28H30N6. The van der Waals surface area contributed by atoms with Crippen LogP contribution in [0.25, 0.3) is 11.3 Å². The number of rotatable bonds is 5. The SMILES string of the molecule is Cc1ccc(Cc2c(C)nc(C)nc2N2CCN(c3ccc(-c4ccccc4)nn3)CC2)cc1. The second-order valence-electron chi connectivity index (χ2n) is 8.94. The topological polar surface area (TPSA) is 58.0 Å². The molecule has 6 heteroatoms. The Morgan fingerprint density at radius 3 is 2.09 bits per heavy atom. The third kappa shape index (κ3) is 4.76. The van der Waals surface area contributed by atoms with Gasteiger partial charge < -0.3 is 9.80 Å². The van der Waals surface area contributed by atoms with Crippen molar-refractivity contribution in [3.8, 4) is 11.3 Å². The zero-order valence-electron chi connectivity index (χ0n) is 20.1. The van der Waals surface area contributed by atoms with E-state index < -0.39 is 0 Å². The lowest BCUT2D eigenvalue weighted by Gasteiger charge is -2.37. The second kappa shape index (κ2) is 9.59. The highest BCUT2D eigenvalue weighted by molar-refractivity contribution is 5.60. The summed E-state index contributed by atoms with van der Waals surface area (Å²) in [6.45, 7) is 9.73. The minimum Gasteiger partial charge on any atom is -0.353 e. The van der Waals surface area contributed by atoms with Gasteiger partial charge >= 0.3 is 0 Å². The van der Waals surface area contributed by atoms with Crippen LogP contribution in [0.15, 0.2) is 66.7 Å². The van der Waals surface area contributed by atoms with E-state index in [1.165, 1.54) is 16.7 Å². The molecule has 172 valence electrons. The van der Waals surface area contributed by atoms with Crippen LogP contribution in [0.5, 0.6) is 0 Å². The highest BCUT2D eigenvalue weighted by Crippen LogP contribution is 2.26. The third-order valence-electron chi connectivity index (χ3n) is 6.43. The van der Waals surface area contributed by atoms with Gasteiger partial charge in [-0.2, -0.15) is 0 Å². The summed E-state index contributed by atoms with van der Waals surface area (Å²) in [6.07, 6.45) is 0.842. The number of aryl methyl sites for hydroxylation is 3. The number of aromatic nitrogens is 4. The number of piperazine rings is 1. The largest absolute Gasteiger partial charge is 0.353 e. The Labute approximate surface area is 201 Å². The minimum atomic E-state index is 0.824. The number of anilines is 2. The van der Waals surface area contributed by atoms with Gasteiger partial charge in [-0.3, -0.25) is 0 Å². The van der Waals surface area contributed by atoms with Crippen LogP contribution in [0.1, 0.15) is 28.2 Å². The lowest BCUT2D eigenvalue weighted by molar-refractivity contribution is 0.633. The van der Waals surface area contributed by atoms with E-state index in [1.54, 1.807) is 0 Å². The van der Waals surface area contributed by atoms with Gasteiger partial charge in [0.15, 0.2) is 5.82 Å².